The van der Waals surface area contributed by atoms with E-state index in [2.05, 4.69) is 31.3 Å². The van der Waals surface area contributed by atoms with Crippen molar-refractivity contribution in [2.75, 3.05) is 4.90 Å². The van der Waals surface area contributed by atoms with Gasteiger partial charge in [-0.1, -0.05) is 62.4 Å². The van der Waals surface area contributed by atoms with Crippen LogP contribution < -0.4 is 10.2 Å². The van der Waals surface area contributed by atoms with Crippen molar-refractivity contribution in [3.8, 4) is 0 Å². The normalized spacial score (nSPS) is 13.3. The Hall–Kier alpha value is -3.21. The third-order valence-electron chi connectivity index (χ3n) is 5.87. The molecule has 0 saturated carbocycles. The summed E-state index contributed by atoms with van der Waals surface area (Å²) in [5, 5.41) is 2.92. The predicted octanol–water partition coefficient (Wildman–Crippen LogP) is 5.97. The van der Waals surface area contributed by atoms with Gasteiger partial charge in [-0.25, -0.2) is 13.6 Å². The number of nitrogens with zero attached hydrogens (tertiary/aromatic N) is 1. The summed E-state index contributed by atoms with van der Waals surface area (Å²) in [6, 6.07) is 18.8. The quantitative estimate of drug-likeness (QED) is 0.542. The van der Waals surface area contributed by atoms with Gasteiger partial charge in [-0.2, -0.15) is 0 Å². The van der Waals surface area contributed by atoms with E-state index in [4.69, 9.17) is 0 Å². The van der Waals surface area contributed by atoms with Crippen LogP contribution in [0.15, 0.2) is 66.7 Å². The molecule has 0 atom stereocenters. The number of fused-ring (bicyclic) bond motifs is 1. The highest BCUT2D eigenvalue weighted by Crippen LogP contribution is 2.31. The fourth-order valence-electron chi connectivity index (χ4n) is 4.15. The first kappa shape index (κ1) is 21.0. The predicted molar refractivity (Wildman–Crippen MR) is 119 cm³/mol. The summed E-state index contributed by atoms with van der Waals surface area (Å²) in [4.78, 5) is 14.7. The molecule has 4 rings (SSSR count). The molecule has 1 aliphatic rings. The van der Waals surface area contributed by atoms with Crippen LogP contribution in [-0.4, -0.2) is 12.1 Å². The zero-order chi connectivity index (χ0) is 22.0. The van der Waals surface area contributed by atoms with Crippen molar-refractivity contribution in [3.05, 3.63) is 101 Å². The summed E-state index contributed by atoms with van der Waals surface area (Å²) in [7, 11) is 0. The molecule has 0 heterocycles. The van der Waals surface area contributed by atoms with E-state index in [0.717, 1.165) is 22.8 Å². The maximum atomic E-state index is 14.7. The Morgan fingerprint density at radius 1 is 1.00 bits per heavy atom. The molecule has 0 bridgehead atoms. The minimum atomic E-state index is -0.743. The molecule has 0 radical (unpaired) electrons. The highest BCUT2D eigenvalue weighted by atomic mass is 19.1. The number of carbonyl (C=O) groups is 1. The molecule has 1 N–H and O–H groups in total. The van der Waals surface area contributed by atoms with E-state index in [-0.39, 0.29) is 11.7 Å². The highest BCUT2D eigenvalue weighted by Gasteiger charge is 2.32. The van der Waals surface area contributed by atoms with Crippen LogP contribution in [-0.2, 0) is 19.4 Å². The van der Waals surface area contributed by atoms with E-state index in [9.17, 15) is 13.6 Å². The Balaban J connectivity index is 1.56. The van der Waals surface area contributed by atoms with Crippen molar-refractivity contribution in [1.29, 1.82) is 0 Å². The first-order valence-corrected chi connectivity index (χ1v) is 10.6. The maximum Gasteiger partial charge on any atom is 0.322 e. The first-order valence-electron chi connectivity index (χ1n) is 10.6. The molecule has 0 spiro atoms. The van der Waals surface area contributed by atoms with Crippen molar-refractivity contribution in [3.63, 3.8) is 0 Å². The Morgan fingerprint density at radius 2 is 1.65 bits per heavy atom. The second kappa shape index (κ2) is 8.88. The van der Waals surface area contributed by atoms with E-state index in [1.165, 1.54) is 22.6 Å². The minimum Gasteiger partial charge on any atom is -0.334 e. The molecule has 2 amide bonds. The average molecular weight is 421 g/mol. The van der Waals surface area contributed by atoms with Gasteiger partial charge < -0.3 is 5.32 Å². The molecule has 3 aromatic rings. The lowest BCUT2D eigenvalue weighted by atomic mass is 10.0. The molecule has 0 aliphatic heterocycles. The van der Waals surface area contributed by atoms with Gasteiger partial charge >= 0.3 is 6.03 Å². The fraction of sp³-hybridized carbons (Fsp3) is 0.269. The molecular formula is C26H26F2N2O. The third kappa shape index (κ3) is 4.61. The van der Waals surface area contributed by atoms with E-state index in [1.807, 2.05) is 36.4 Å². The number of rotatable bonds is 5. The summed E-state index contributed by atoms with van der Waals surface area (Å²) in [5.41, 5.74) is 4.59. The largest absolute Gasteiger partial charge is 0.334 e. The molecule has 0 fully saturated rings. The smallest absolute Gasteiger partial charge is 0.322 e. The van der Waals surface area contributed by atoms with Gasteiger partial charge in [-0.15, -0.1) is 0 Å². The molecule has 0 saturated heterocycles. The van der Waals surface area contributed by atoms with Crippen molar-refractivity contribution in [1.82, 2.24) is 5.32 Å². The van der Waals surface area contributed by atoms with Crippen LogP contribution in [0, 0.1) is 11.6 Å². The monoisotopic (exact) mass is 420 g/mol. The summed E-state index contributed by atoms with van der Waals surface area (Å²) in [6.07, 6.45) is 1.26. The second-order valence-electron chi connectivity index (χ2n) is 8.35. The lowest BCUT2D eigenvalue weighted by Crippen LogP contribution is -2.47. The zero-order valence-corrected chi connectivity index (χ0v) is 17.7. The fourth-order valence-corrected chi connectivity index (χ4v) is 4.15. The van der Waals surface area contributed by atoms with E-state index >= 15 is 0 Å². The summed E-state index contributed by atoms with van der Waals surface area (Å²) in [6.45, 7) is 4.59. The van der Waals surface area contributed by atoms with Crippen LogP contribution in [0.1, 0.15) is 42.0 Å². The lowest BCUT2D eigenvalue weighted by molar-refractivity contribution is 0.243. The summed E-state index contributed by atoms with van der Waals surface area (Å²) < 4.78 is 28.2. The molecule has 0 unspecified atom stereocenters. The number of anilines is 1. The Bertz CT molecular complexity index is 1050. The molecule has 3 aromatic carbocycles. The Labute approximate surface area is 181 Å². The molecule has 31 heavy (non-hydrogen) atoms. The summed E-state index contributed by atoms with van der Waals surface area (Å²) >= 11 is 0. The molecule has 160 valence electrons. The lowest BCUT2D eigenvalue weighted by Gasteiger charge is -2.29. The molecule has 1 aliphatic carbocycles. The van der Waals surface area contributed by atoms with Gasteiger partial charge in [0.05, 0.1) is 5.69 Å². The van der Waals surface area contributed by atoms with Gasteiger partial charge in [0.1, 0.15) is 11.6 Å². The minimum absolute atomic E-state index is 0.0897. The van der Waals surface area contributed by atoms with Crippen LogP contribution in [0.3, 0.4) is 0 Å². The number of halogens is 2. The average Bonchev–Trinajstić information content (AvgIpc) is 3.18. The standard InChI is InChI=1S/C26H26F2N2O/c1-17(2)19-9-7-18(8-10-19)16-29-26(31)30(25-12-11-22(27)15-24(25)28)23-13-20-5-3-4-6-21(20)14-23/h3-12,15,17,23H,13-14,16H2,1-2H3,(H,29,31). The number of carbonyl (C=O) groups excluding carboxylic acids is 1. The van der Waals surface area contributed by atoms with Gasteiger partial charge in [-0.05, 0) is 53.1 Å². The van der Waals surface area contributed by atoms with Crippen molar-refractivity contribution in [2.24, 2.45) is 0 Å². The Kier molecular flexibility index (Phi) is 6.03. The highest BCUT2D eigenvalue weighted by molar-refractivity contribution is 5.93. The second-order valence-corrected chi connectivity index (χ2v) is 8.35. The van der Waals surface area contributed by atoms with Crippen LogP contribution in [0.5, 0.6) is 0 Å². The van der Waals surface area contributed by atoms with Crippen molar-refractivity contribution < 1.29 is 13.6 Å². The van der Waals surface area contributed by atoms with E-state index < -0.39 is 17.7 Å². The number of amides is 2. The molecule has 0 aromatic heterocycles. The molecule has 5 heteroatoms. The molecular weight excluding hydrogens is 394 g/mol. The number of urea groups is 1. The van der Waals surface area contributed by atoms with Gasteiger partial charge in [0, 0.05) is 18.7 Å². The topological polar surface area (TPSA) is 32.3 Å². The van der Waals surface area contributed by atoms with E-state index in [1.54, 1.807) is 0 Å². The summed E-state index contributed by atoms with van der Waals surface area (Å²) in [5.74, 6) is -0.974. The van der Waals surface area contributed by atoms with Crippen molar-refractivity contribution >= 4 is 11.7 Å². The Morgan fingerprint density at radius 3 is 2.23 bits per heavy atom. The van der Waals surface area contributed by atoms with Crippen molar-refractivity contribution in [2.45, 2.75) is 45.2 Å². The zero-order valence-electron chi connectivity index (χ0n) is 17.7. The number of hydrogen-bond donors (Lipinski definition) is 1. The number of benzene rings is 3. The SMILES string of the molecule is CC(C)c1ccc(CNC(=O)N(c2ccc(F)cc2F)C2Cc3ccccc3C2)cc1. The van der Waals surface area contributed by atoms with Gasteiger partial charge in [0.25, 0.3) is 0 Å². The van der Waals surface area contributed by atoms with Crippen LogP contribution in [0.25, 0.3) is 0 Å². The van der Waals surface area contributed by atoms with E-state index in [0.29, 0.717) is 25.3 Å². The first-order chi connectivity index (χ1) is 14.9. The third-order valence-corrected chi connectivity index (χ3v) is 5.87. The number of nitrogens with one attached hydrogen (secondary N) is 1. The van der Waals surface area contributed by atoms with Gasteiger partial charge in [-0.3, -0.25) is 4.90 Å². The molecule has 3 nitrogen and oxygen atoms in total. The van der Waals surface area contributed by atoms with Crippen LogP contribution in [0.2, 0.25) is 0 Å². The van der Waals surface area contributed by atoms with Crippen LogP contribution in [0.4, 0.5) is 19.3 Å². The van der Waals surface area contributed by atoms with Crippen LogP contribution >= 0.6 is 0 Å². The van der Waals surface area contributed by atoms with Gasteiger partial charge in [0.2, 0.25) is 0 Å². The maximum absolute atomic E-state index is 14.7. The number of hydrogen-bond acceptors (Lipinski definition) is 1. The van der Waals surface area contributed by atoms with Gasteiger partial charge in [0.15, 0.2) is 0 Å².